The average molecular weight is 391 g/mol. The van der Waals surface area contributed by atoms with Crippen molar-refractivity contribution < 1.29 is 14.0 Å². The summed E-state index contributed by atoms with van der Waals surface area (Å²) in [6.07, 6.45) is 0.418. The third-order valence-corrected chi connectivity index (χ3v) is 4.81. The highest BCUT2D eigenvalue weighted by molar-refractivity contribution is 9.10. The molecule has 2 aromatic rings. The first-order valence-corrected chi connectivity index (χ1v) is 8.41. The van der Waals surface area contributed by atoms with Crippen molar-refractivity contribution >= 4 is 27.9 Å². The molecule has 4 nitrogen and oxygen atoms in total. The number of nitrogens with one attached hydrogen (secondary N) is 1. The lowest BCUT2D eigenvalue weighted by atomic mass is 9.87. The number of rotatable bonds is 4. The Morgan fingerprint density at radius 3 is 2.50 bits per heavy atom. The average Bonchev–Trinajstić information content (AvgIpc) is 2.83. The zero-order chi connectivity index (χ0) is 17.3. The molecule has 1 fully saturated rings. The number of imide groups is 1. The van der Waals surface area contributed by atoms with Gasteiger partial charge in [0.05, 0.1) is 6.54 Å². The Bertz CT molecular complexity index is 797. The standard InChI is InChI=1S/C18H16BrFN2O2/c1-2-18(13-6-4-3-5-7-13)16(23)22(17(24)21-18)11-12-8-9-14(19)10-15(12)20/h3-10H,2,11H2,1H3,(H,21,24). The first-order chi connectivity index (χ1) is 11.5. The Morgan fingerprint density at radius 1 is 1.17 bits per heavy atom. The molecule has 6 heteroatoms. The molecule has 1 atom stereocenters. The van der Waals surface area contributed by atoms with E-state index in [4.69, 9.17) is 0 Å². The summed E-state index contributed by atoms with van der Waals surface area (Å²) < 4.78 is 14.7. The van der Waals surface area contributed by atoms with E-state index in [1.165, 1.54) is 6.07 Å². The van der Waals surface area contributed by atoms with Crippen molar-refractivity contribution in [2.24, 2.45) is 0 Å². The zero-order valence-electron chi connectivity index (χ0n) is 13.1. The summed E-state index contributed by atoms with van der Waals surface area (Å²) in [5.41, 5.74) is -0.0734. The topological polar surface area (TPSA) is 49.4 Å². The number of nitrogens with zero attached hydrogens (tertiary/aromatic N) is 1. The van der Waals surface area contributed by atoms with Crippen molar-refractivity contribution in [3.05, 3.63) is 69.9 Å². The summed E-state index contributed by atoms with van der Waals surface area (Å²) in [7, 11) is 0. The highest BCUT2D eigenvalue weighted by Gasteiger charge is 2.51. The highest BCUT2D eigenvalue weighted by atomic mass is 79.9. The van der Waals surface area contributed by atoms with Crippen LogP contribution in [-0.4, -0.2) is 16.8 Å². The van der Waals surface area contributed by atoms with E-state index in [0.29, 0.717) is 16.5 Å². The Balaban J connectivity index is 1.94. The smallest absolute Gasteiger partial charge is 0.319 e. The fourth-order valence-corrected chi connectivity index (χ4v) is 3.29. The molecule has 2 aromatic carbocycles. The Hall–Kier alpha value is -2.21. The SMILES string of the molecule is CCC1(c2ccccc2)NC(=O)N(Cc2ccc(Br)cc2F)C1=O. The van der Waals surface area contributed by atoms with Gasteiger partial charge in [-0.2, -0.15) is 0 Å². The number of carbonyl (C=O) groups is 2. The van der Waals surface area contributed by atoms with Crippen molar-refractivity contribution in [1.29, 1.82) is 0 Å². The van der Waals surface area contributed by atoms with Crippen LogP contribution in [0.4, 0.5) is 9.18 Å². The molecular weight excluding hydrogens is 375 g/mol. The third-order valence-electron chi connectivity index (χ3n) is 4.32. The van der Waals surface area contributed by atoms with Gasteiger partial charge in [0, 0.05) is 10.0 Å². The van der Waals surface area contributed by atoms with Crippen LogP contribution in [0, 0.1) is 5.82 Å². The second-order valence-corrected chi connectivity index (χ2v) is 6.60. The molecule has 0 spiro atoms. The molecule has 3 amide bonds. The van der Waals surface area contributed by atoms with E-state index in [1.807, 2.05) is 37.3 Å². The molecule has 124 valence electrons. The van der Waals surface area contributed by atoms with Crippen LogP contribution in [-0.2, 0) is 16.9 Å². The fraction of sp³-hybridized carbons (Fsp3) is 0.222. The number of halogens is 2. The second-order valence-electron chi connectivity index (χ2n) is 5.68. The van der Waals surface area contributed by atoms with Gasteiger partial charge in [0.15, 0.2) is 0 Å². The molecule has 0 bridgehead atoms. The second kappa shape index (κ2) is 6.36. The van der Waals surface area contributed by atoms with Crippen molar-refractivity contribution in [1.82, 2.24) is 10.2 Å². The Kier molecular flexibility index (Phi) is 4.41. The monoisotopic (exact) mass is 390 g/mol. The zero-order valence-corrected chi connectivity index (χ0v) is 14.6. The molecule has 1 aliphatic rings. The van der Waals surface area contributed by atoms with Gasteiger partial charge < -0.3 is 5.32 Å². The Morgan fingerprint density at radius 2 is 1.88 bits per heavy atom. The number of hydrogen-bond donors (Lipinski definition) is 1. The predicted octanol–water partition coefficient (Wildman–Crippen LogP) is 3.95. The molecule has 1 unspecified atom stereocenters. The maximum atomic E-state index is 14.1. The van der Waals surface area contributed by atoms with Crippen molar-refractivity contribution in [3.8, 4) is 0 Å². The highest BCUT2D eigenvalue weighted by Crippen LogP contribution is 2.33. The lowest BCUT2D eigenvalue weighted by Gasteiger charge is -2.25. The molecule has 24 heavy (non-hydrogen) atoms. The van der Waals surface area contributed by atoms with Gasteiger partial charge in [-0.3, -0.25) is 9.69 Å². The summed E-state index contributed by atoms with van der Waals surface area (Å²) in [5, 5.41) is 2.79. The van der Waals surface area contributed by atoms with Crippen molar-refractivity contribution in [3.63, 3.8) is 0 Å². The minimum Gasteiger partial charge on any atom is -0.319 e. The van der Waals surface area contributed by atoms with Crippen molar-refractivity contribution in [2.45, 2.75) is 25.4 Å². The molecule has 1 N–H and O–H groups in total. The van der Waals surface area contributed by atoms with Crippen LogP contribution in [0.2, 0.25) is 0 Å². The van der Waals surface area contributed by atoms with Gasteiger partial charge in [0.25, 0.3) is 5.91 Å². The van der Waals surface area contributed by atoms with Crippen LogP contribution in [0.3, 0.4) is 0 Å². The van der Waals surface area contributed by atoms with Gasteiger partial charge in [0.1, 0.15) is 11.4 Å². The van der Waals surface area contributed by atoms with Crippen LogP contribution in [0.5, 0.6) is 0 Å². The van der Waals surface area contributed by atoms with Crippen LogP contribution in [0.15, 0.2) is 53.0 Å². The first-order valence-electron chi connectivity index (χ1n) is 7.61. The molecule has 0 aromatic heterocycles. The van der Waals surface area contributed by atoms with Crippen molar-refractivity contribution in [2.75, 3.05) is 0 Å². The van der Waals surface area contributed by atoms with Crippen LogP contribution in [0.1, 0.15) is 24.5 Å². The van der Waals surface area contributed by atoms with Gasteiger partial charge in [-0.25, -0.2) is 9.18 Å². The summed E-state index contributed by atoms with van der Waals surface area (Å²) in [5.74, 6) is -0.817. The molecular formula is C18H16BrFN2O2. The lowest BCUT2D eigenvalue weighted by Crippen LogP contribution is -2.43. The summed E-state index contributed by atoms with van der Waals surface area (Å²) in [6, 6.07) is 13.2. The van der Waals surface area contributed by atoms with E-state index in [2.05, 4.69) is 21.2 Å². The summed E-state index contributed by atoms with van der Waals surface area (Å²) in [4.78, 5) is 26.4. The molecule has 1 saturated heterocycles. The minimum atomic E-state index is -1.09. The quantitative estimate of drug-likeness (QED) is 0.803. The van der Waals surface area contributed by atoms with E-state index in [-0.39, 0.29) is 12.5 Å². The number of amides is 3. The Labute approximate surface area is 147 Å². The molecule has 1 heterocycles. The number of benzene rings is 2. The minimum absolute atomic E-state index is 0.0988. The van der Waals surface area contributed by atoms with E-state index in [0.717, 1.165) is 10.5 Å². The number of carbonyl (C=O) groups excluding carboxylic acids is 2. The molecule has 0 radical (unpaired) electrons. The van der Waals surface area contributed by atoms with Gasteiger partial charge in [-0.1, -0.05) is 59.3 Å². The number of hydrogen-bond acceptors (Lipinski definition) is 2. The van der Waals surface area contributed by atoms with E-state index < -0.39 is 17.4 Å². The van der Waals surface area contributed by atoms with Gasteiger partial charge in [-0.05, 0) is 24.1 Å². The molecule has 1 aliphatic heterocycles. The van der Waals surface area contributed by atoms with E-state index in [1.54, 1.807) is 12.1 Å². The molecule has 0 saturated carbocycles. The fourth-order valence-electron chi connectivity index (χ4n) is 2.95. The normalized spacial score (nSPS) is 20.4. The third kappa shape index (κ3) is 2.71. The van der Waals surface area contributed by atoms with Crippen LogP contribution >= 0.6 is 15.9 Å². The van der Waals surface area contributed by atoms with Gasteiger partial charge in [0.2, 0.25) is 0 Å². The predicted molar refractivity (Wildman–Crippen MR) is 91.6 cm³/mol. The summed E-state index contributed by atoms with van der Waals surface area (Å²) >= 11 is 3.19. The number of urea groups is 1. The van der Waals surface area contributed by atoms with Gasteiger partial charge >= 0.3 is 6.03 Å². The first kappa shape index (κ1) is 16.6. The van der Waals surface area contributed by atoms with E-state index in [9.17, 15) is 14.0 Å². The maximum Gasteiger partial charge on any atom is 0.325 e. The lowest BCUT2D eigenvalue weighted by molar-refractivity contribution is -0.132. The van der Waals surface area contributed by atoms with Gasteiger partial charge in [-0.15, -0.1) is 0 Å². The molecule has 3 rings (SSSR count). The molecule has 0 aliphatic carbocycles. The van der Waals surface area contributed by atoms with Crippen LogP contribution < -0.4 is 5.32 Å². The largest absolute Gasteiger partial charge is 0.325 e. The van der Waals surface area contributed by atoms with Crippen LogP contribution in [0.25, 0.3) is 0 Å². The van der Waals surface area contributed by atoms with E-state index >= 15 is 0 Å². The maximum absolute atomic E-state index is 14.1. The summed E-state index contributed by atoms with van der Waals surface area (Å²) in [6.45, 7) is 1.74.